The average molecular weight is 458 g/mol. The maximum absolute atomic E-state index is 13.2. The highest BCUT2D eigenvalue weighted by Gasteiger charge is 2.46. The molecule has 0 bridgehead atoms. The molecule has 2 aromatic rings. The van der Waals surface area contributed by atoms with Gasteiger partial charge in [-0.15, -0.1) is 0 Å². The first-order chi connectivity index (χ1) is 16.5. The lowest BCUT2D eigenvalue weighted by molar-refractivity contribution is -0.819. The number of aliphatic carboxylic acids is 1. The standard InChI is InChI=1S/C28H27NO5/c30-23-10-4-8-21-27(23)26(28-22(9-5-11-24(28)31)29(21)16-25(32)33)19-12-14-20(15-13-19)34-17-18-6-2-1-3-7-18/h1-3,6-7,12-15,26H,4-5,8-11,16-17H2,(H,32,33). The minimum absolute atomic E-state index is 0.0106. The fraction of sp³-hybridized carbons (Fsp3) is 0.321. The number of rotatable bonds is 6. The number of carbonyl (C=O) groups is 3. The molecule has 1 heterocycles. The maximum atomic E-state index is 13.2. The van der Waals surface area contributed by atoms with Crippen LogP contribution in [0.1, 0.15) is 55.6 Å². The van der Waals surface area contributed by atoms with Gasteiger partial charge in [-0.25, -0.2) is 0 Å². The molecule has 3 aliphatic rings. The quantitative estimate of drug-likeness (QED) is 0.717. The van der Waals surface area contributed by atoms with Crippen molar-refractivity contribution in [2.45, 2.75) is 51.0 Å². The molecule has 0 radical (unpaired) electrons. The van der Waals surface area contributed by atoms with Crippen LogP contribution in [-0.4, -0.2) is 24.1 Å². The van der Waals surface area contributed by atoms with Crippen molar-refractivity contribution >= 4 is 17.5 Å². The smallest absolute Gasteiger partial charge is 0.165 e. The predicted octanol–water partition coefficient (Wildman–Crippen LogP) is 2.01. The number of ketones is 2. The van der Waals surface area contributed by atoms with Gasteiger partial charge < -0.3 is 14.6 Å². The molecule has 0 aromatic heterocycles. The highest BCUT2D eigenvalue weighted by molar-refractivity contribution is 6.05. The molecule has 0 atom stereocenters. The minimum Gasteiger partial charge on any atom is -0.544 e. The number of carboxylic acid groups (broad SMARTS) is 1. The molecular formula is C28H27NO5. The molecular weight excluding hydrogens is 430 g/mol. The number of hydrogen-bond acceptors (Lipinski definition) is 5. The van der Waals surface area contributed by atoms with E-state index < -0.39 is 11.9 Å². The minimum atomic E-state index is -1.18. The molecule has 0 amide bonds. The molecule has 0 saturated carbocycles. The van der Waals surface area contributed by atoms with Gasteiger partial charge in [0.2, 0.25) is 0 Å². The summed E-state index contributed by atoms with van der Waals surface area (Å²) < 4.78 is 5.92. The van der Waals surface area contributed by atoms with Crippen molar-refractivity contribution in [3.8, 4) is 5.75 Å². The Morgan fingerprint density at radius 3 is 2.00 bits per heavy atom. The number of benzene rings is 2. The van der Waals surface area contributed by atoms with Crippen molar-refractivity contribution in [1.82, 2.24) is 0 Å². The second-order valence-corrected chi connectivity index (χ2v) is 9.14. The Balaban J connectivity index is 1.52. The number of quaternary nitrogens is 1. The average Bonchev–Trinajstić information content (AvgIpc) is 2.84. The van der Waals surface area contributed by atoms with E-state index in [-0.39, 0.29) is 18.1 Å². The molecule has 0 fully saturated rings. The van der Waals surface area contributed by atoms with Crippen LogP contribution in [0.4, 0.5) is 0 Å². The largest absolute Gasteiger partial charge is 0.544 e. The third-order valence-electron chi connectivity index (χ3n) is 7.00. The monoisotopic (exact) mass is 457 g/mol. The van der Waals surface area contributed by atoms with Gasteiger partial charge in [0.1, 0.15) is 30.3 Å². The van der Waals surface area contributed by atoms with E-state index in [0.717, 1.165) is 22.5 Å². The summed E-state index contributed by atoms with van der Waals surface area (Å²) in [4.78, 5) is 38.5. The Bertz CT molecular complexity index is 1150. The molecule has 0 saturated heterocycles. The lowest BCUT2D eigenvalue weighted by Gasteiger charge is -2.39. The van der Waals surface area contributed by atoms with Crippen molar-refractivity contribution in [1.29, 1.82) is 0 Å². The first-order valence-corrected chi connectivity index (χ1v) is 11.9. The molecule has 0 unspecified atom stereocenters. The van der Waals surface area contributed by atoms with Crippen LogP contribution in [0.2, 0.25) is 0 Å². The van der Waals surface area contributed by atoms with Crippen LogP contribution < -0.4 is 14.7 Å². The summed E-state index contributed by atoms with van der Waals surface area (Å²) in [5.74, 6) is -0.892. The van der Waals surface area contributed by atoms with Gasteiger partial charge in [-0.05, 0) is 36.1 Å². The fourth-order valence-corrected chi connectivity index (χ4v) is 5.54. The third-order valence-corrected chi connectivity index (χ3v) is 7.00. The fourth-order valence-electron chi connectivity index (χ4n) is 5.54. The van der Waals surface area contributed by atoms with Gasteiger partial charge in [-0.3, -0.25) is 14.5 Å². The Morgan fingerprint density at radius 1 is 0.853 bits per heavy atom. The molecule has 174 valence electrons. The second kappa shape index (κ2) is 9.39. The normalized spacial score (nSPS) is 22.4. The van der Waals surface area contributed by atoms with Crippen molar-refractivity contribution in [2.24, 2.45) is 0 Å². The predicted molar refractivity (Wildman–Crippen MR) is 123 cm³/mol. The molecule has 6 nitrogen and oxygen atoms in total. The van der Waals surface area contributed by atoms with Gasteiger partial charge in [0.25, 0.3) is 0 Å². The lowest BCUT2D eigenvalue weighted by Crippen LogP contribution is -3.11. The SMILES string of the molecule is O=C([O-])C[NH+]1C2=C(C(=O)CCC2)C(c2ccc(OCc3ccccc3)cc2)C2=C1CCCC2=O. The Kier molecular flexibility index (Phi) is 6.16. The summed E-state index contributed by atoms with van der Waals surface area (Å²) >= 11 is 0. The van der Waals surface area contributed by atoms with Crippen molar-refractivity contribution < 1.29 is 29.1 Å². The Labute approximate surface area is 198 Å². The summed E-state index contributed by atoms with van der Waals surface area (Å²) in [6.07, 6.45) is 3.55. The summed E-state index contributed by atoms with van der Waals surface area (Å²) in [6, 6.07) is 17.5. The number of nitrogens with one attached hydrogen (secondary N) is 1. The summed E-state index contributed by atoms with van der Waals surface area (Å²) in [7, 11) is 0. The van der Waals surface area contributed by atoms with Gasteiger partial charge >= 0.3 is 0 Å². The first-order valence-electron chi connectivity index (χ1n) is 11.9. The van der Waals surface area contributed by atoms with E-state index in [9.17, 15) is 19.5 Å². The zero-order chi connectivity index (χ0) is 23.7. The van der Waals surface area contributed by atoms with Crippen LogP contribution in [0.3, 0.4) is 0 Å². The topological polar surface area (TPSA) is 87.9 Å². The van der Waals surface area contributed by atoms with Crippen molar-refractivity contribution in [3.05, 3.63) is 88.3 Å². The van der Waals surface area contributed by atoms with Gasteiger partial charge in [0.05, 0.1) is 23.0 Å². The Hall–Kier alpha value is -3.51. The number of carboxylic acids is 1. The first kappa shape index (κ1) is 22.3. The zero-order valence-electron chi connectivity index (χ0n) is 19.0. The Morgan fingerprint density at radius 2 is 1.44 bits per heavy atom. The zero-order valence-corrected chi connectivity index (χ0v) is 19.0. The molecule has 1 aliphatic heterocycles. The van der Waals surface area contributed by atoms with Crippen LogP contribution in [0.25, 0.3) is 0 Å². The highest BCUT2D eigenvalue weighted by atomic mass is 16.5. The lowest BCUT2D eigenvalue weighted by atomic mass is 9.71. The number of carbonyl (C=O) groups excluding carboxylic acids is 3. The van der Waals surface area contributed by atoms with E-state index in [1.54, 1.807) is 0 Å². The van der Waals surface area contributed by atoms with E-state index in [1.807, 2.05) is 54.6 Å². The highest BCUT2D eigenvalue weighted by Crippen LogP contribution is 2.43. The van der Waals surface area contributed by atoms with Crippen LogP contribution >= 0.6 is 0 Å². The summed E-state index contributed by atoms with van der Waals surface area (Å²) in [6.45, 7) is 0.198. The van der Waals surface area contributed by atoms with Crippen LogP contribution in [0.15, 0.2) is 77.1 Å². The molecule has 5 rings (SSSR count). The second-order valence-electron chi connectivity index (χ2n) is 9.14. The van der Waals surface area contributed by atoms with Gasteiger partial charge in [-0.1, -0.05) is 42.5 Å². The van der Waals surface area contributed by atoms with E-state index in [1.165, 1.54) is 0 Å². The van der Waals surface area contributed by atoms with Gasteiger partial charge in [-0.2, -0.15) is 0 Å². The maximum Gasteiger partial charge on any atom is 0.165 e. The van der Waals surface area contributed by atoms with Crippen molar-refractivity contribution in [2.75, 3.05) is 6.54 Å². The molecule has 0 spiro atoms. The van der Waals surface area contributed by atoms with Crippen molar-refractivity contribution in [3.63, 3.8) is 0 Å². The number of hydrogen-bond donors (Lipinski definition) is 1. The van der Waals surface area contributed by atoms with E-state index in [0.29, 0.717) is 66.9 Å². The number of Topliss-reactive ketones (excluding diaryl/α,β-unsaturated/α-hetero) is 2. The molecule has 2 aromatic carbocycles. The summed E-state index contributed by atoms with van der Waals surface area (Å²) in [5.41, 5.74) is 4.79. The van der Waals surface area contributed by atoms with Crippen LogP contribution in [-0.2, 0) is 21.0 Å². The van der Waals surface area contributed by atoms with E-state index in [4.69, 9.17) is 4.74 Å². The molecule has 1 N–H and O–H groups in total. The van der Waals surface area contributed by atoms with Gasteiger partial charge in [0.15, 0.2) is 11.6 Å². The van der Waals surface area contributed by atoms with E-state index >= 15 is 0 Å². The number of ether oxygens (including phenoxy) is 1. The third kappa shape index (κ3) is 4.21. The molecule has 2 aliphatic carbocycles. The van der Waals surface area contributed by atoms with Crippen LogP contribution in [0.5, 0.6) is 5.75 Å². The summed E-state index contributed by atoms with van der Waals surface area (Å²) in [5, 5.41) is 11.6. The van der Waals surface area contributed by atoms with E-state index in [2.05, 4.69) is 0 Å². The van der Waals surface area contributed by atoms with Gasteiger partial charge in [0, 0.05) is 25.7 Å². The molecule has 34 heavy (non-hydrogen) atoms. The number of allylic oxidation sites excluding steroid dienone is 4. The molecule has 6 heteroatoms. The van der Waals surface area contributed by atoms with Crippen LogP contribution in [0, 0.1) is 0 Å².